The first-order valence-corrected chi connectivity index (χ1v) is 15.8. The maximum atomic E-state index is 14.9. The van der Waals surface area contributed by atoms with Crippen LogP contribution in [0.25, 0.3) is 0 Å². The van der Waals surface area contributed by atoms with Gasteiger partial charge in [-0.25, -0.2) is 10.5 Å². The van der Waals surface area contributed by atoms with Crippen LogP contribution in [0.1, 0.15) is 102 Å². The number of esters is 1. The minimum Gasteiger partial charge on any atom is -0.435 e. The summed E-state index contributed by atoms with van der Waals surface area (Å²) in [5, 5.41) is 8.17. The minimum absolute atomic E-state index is 0.143. The Morgan fingerprint density at radius 2 is 1.88 bits per heavy atom. The van der Waals surface area contributed by atoms with Crippen molar-refractivity contribution in [3.05, 3.63) is 48.3 Å². The van der Waals surface area contributed by atoms with Crippen molar-refractivity contribution in [3.8, 4) is 0 Å². The predicted molar refractivity (Wildman–Crippen MR) is 157 cm³/mol. The number of carbonyl (C=O) groups is 3. The van der Waals surface area contributed by atoms with Crippen molar-refractivity contribution < 1.29 is 23.9 Å². The number of benzene rings is 1. The molecule has 3 N–H and O–H groups in total. The number of ether oxygens (including phenoxy) is 2. The fourth-order valence-electron chi connectivity index (χ4n) is 6.78. The number of ketones is 1. The van der Waals surface area contributed by atoms with Crippen LogP contribution >= 0.6 is 0 Å². The molecule has 10 nitrogen and oxygen atoms in total. The zero-order valence-electron chi connectivity index (χ0n) is 24.9. The van der Waals surface area contributed by atoms with E-state index in [9.17, 15) is 14.4 Å². The molecule has 0 radical (unpaired) electrons. The zero-order valence-corrected chi connectivity index (χ0v) is 24.9. The van der Waals surface area contributed by atoms with Crippen LogP contribution in [0.5, 0.6) is 0 Å². The average molecular weight is 582 g/mol. The quantitative estimate of drug-likeness (QED) is 0.100. The lowest BCUT2D eigenvalue weighted by atomic mass is 9.69. The molecular weight excluding hydrogens is 534 g/mol. The summed E-state index contributed by atoms with van der Waals surface area (Å²) >= 11 is 0. The summed E-state index contributed by atoms with van der Waals surface area (Å²) in [4.78, 5) is 42.5. The third-order valence-electron chi connectivity index (χ3n) is 8.98. The molecule has 2 aromatic rings. The number of Topliss-reactive ketones (excluding diaryl/α,β-unsaturated/α-hetero) is 1. The van der Waals surface area contributed by atoms with Gasteiger partial charge in [0.15, 0.2) is 5.78 Å². The van der Waals surface area contributed by atoms with E-state index in [0.29, 0.717) is 31.8 Å². The molecule has 1 aromatic heterocycles. The average Bonchev–Trinajstić information content (AvgIpc) is 3.56. The van der Waals surface area contributed by atoms with E-state index >= 15 is 0 Å². The number of hydrogen-bond acceptors (Lipinski definition) is 8. The standard InChI is InChI=1S/C32H47N5O5/c1-2-19-32(31(40)35-33,23-25-14-7-4-8-15-25)29(38)28(37-21-20-34-36-37)26(17-11-16-24-12-5-3-6-13-24)30(39)42-27-18-9-10-22-41-27/h4,7-8,14-15,20-21,24,26-28H,2-3,5-6,9-13,16-19,22-23,33H2,1H3,(H,35,40)/t26-,27?,28+,32?/m0/s1. The maximum Gasteiger partial charge on any atom is 0.313 e. The first-order chi connectivity index (χ1) is 20.5. The van der Waals surface area contributed by atoms with Gasteiger partial charge in [-0.05, 0) is 43.6 Å². The number of nitrogens with zero attached hydrogens (tertiary/aromatic N) is 3. The number of aromatic nitrogens is 3. The molecule has 1 saturated carbocycles. The van der Waals surface area contributed by atoms with Gasteiger partial charge in [0.2, 0.25) is 12.2 Å². The van der Waals surface area contributed by atoms with Crippen molar-refractivity contribution in [2.45, 2.75) is 109 Å². The second-order valence-corrected chi connectivity index (χ2v) is 11.9. The fraction of sp³-hybridized carbons (Fsp3) is 0.656. The molecule has 4 atom stereocenters. The van der Waals surface area contributed by atoms with E-state index in [1.807, 2.05) is 37.3 Å². The smallest absolute Gasteiger partial charge is 0.313 e. The van der Waals surface area contributed by atoms with Crippen molar-refractivity contribution in [2.75, 3.05) is 6.61 Å². The molecular formula is C32H47N5O5. The molecule has 2 fully saturated rings. The van der Waals surface area contributed by atoms with Crippen molar-refractivity contribution in [2.24, 2.45) is 23.1 Å². The number of hydrazine groups is 1. The van der Waals surface area contributed by atoms with Crippen molar-refractivity contribution in [1.82, 2.24) is 20.4 Å². The van der Waals surface area contributed by atoms with Gasteiger partial charge in [0, 0.05) is 12.6 Å². The summed E-state index contributed by atoms with van der Waals surface area (Å²) in [5.74, 6) is 3.99. The van der Waals surface area contributed by atoms with Crippen LogP contribution in [-0.4, -0.2) is 45.6 Å². The molecule has 2 unspecified atom stereocenters. The third kappa shape index (κ3) is 8.04. The second-order valence-electron chi connectivity index (χ2n) is 11.9. The normalized spacial score (nSPS) is 20.7. The lowest BCUT2D eigenvalue weighted by Gasteiger charge is -2.36. The van der Waals surface area contributed by atoms with Crippen molar-refractivity contribution in [3.63, 3.8) is 0 Å². The number of rotatable bonds is 15. The highest BCUT2D eigenvalue weighted by Crippen LogP contribution is 2.40. The Bertz CT molecular complexity index is 1120. The molecule has 1 aliphatic heterocycles. The summed E-state index contributed by atoms with van der Waals surface area (Å²) in [6, 6.07) is 8.33. The molecule has 42 heavy (non-hydrogen) atoms. The van der Waals surface area contributed by atoms with Crippen LogP contribution in [0.15, 0.2) is 42.7 Å². The van der Waals surface area contributed by atoms with Gasteiger partial charge < -0.3 is 9.47 Å². The van der Waals surface area contributed by atoms with Gasteiger partial charge in [0.1, 0.15) is 11.5 Å². The Hall–Kier alpha value is -3.11. The SMILES string of the molecule is CCCC(Cc1ccccc1)(C(=O)NN)C(=O)[C@@H]([C@H](CCCC1CCCCC1)C(=O)OC1CCCCO1)n1ccnn1. The van der Waals surface area contributed by atoms with Crippen LogP contribution in [0.2, 0.25) is 0 Å². The van der Waals surface area contributed by atoms with E-state index in [-0.39, 0.29) is 12.8 Å². The van der Waals surface area contributed by atoms with Crippen LogP contribution in [0.3, 0.4) is 0 Å². The van der Waals surface area contributed by atoms with Gasteiger partial charge in [0.05, 0.1) is 18.7 Å². The molecule has 0 bridgehead atoms. The summed E-state index contributed by atoms with van der Waals surface area (Å²) in [7, 11) is 0. The van der Waals surface area contributed by atoms with Crippen LogP contribution < -0.4 is 11.3 Å². The van der Waals surface area contributed by atoms with Gasteiger partial charge in [0.25, 0.3) is 0 Å². The van der Waals surface area contributed by atoms with E-state index in [0.717, 1.165) is 31.2 Å². The Balaban J connectivity index is 1.70. The Morgan fingerprint density at radius 1 is 1.12 bits per heavy atom. The number of hydrogen-bond donors (Lipinski definition) is 2. The maximum absolute atomic E-state index is 14.9. The number of carbonyl (C=O) groups excluding carboxylic acids is 3. The lowest BCUT2D eigenvalue weighted by Crippen LogP contribution is -2.54. The van der Waals surface area contributed by atoms with Crippen molar-refractivity contribution >= 4 is 17.7 Å². The Labute approximate surface area is 249 Å². The highest BCUT2D eigenvalue weighted by atomic mass is 16.7. The molecule has 4 rings (SSSR count). The first kappa shape index (κ1) is 31.8. The second kappa shape index (κ2) is 15.9. The van der Waals surface area contributed by atoms with Crippen LogP contribution in [-0.2, 0) is 30.3 Å². The lowest BCUT2D eigenvalue weighted by molar-refractivity contribution is -0.193. The summed E-state index contributed by atoms with van der Waals surface area (Å²) in [5.41, 5.74) is 1.57. The first-order valence-electron chi connectivity index (χ1n) is 15.8. The van der Waals surface area contributed by atoms with Gasteiger partial charge >= 0.3 is 5.97 Å². The third-order valence-corrected chi connectivity index (χ3v) is 8.98. The summed E-state index contributed by atoms with van der Waals surface area (Å²) in [6.07, 6.45) is 14.1. The molecule has 1 amide bonds. The molecule has 10 heteroatoms. The molecule has 230 valence electrons. The largest absolute Gasteiger partial charge is 0.435 e. The molecule has 0 spiro atoms. The van der Waals surface area contributed by atoms with Crippen LogP contribution in [0, 0.1) is 17.3 Å². The van der Waals surface area contributed by atoms with Crippen LogP contribution in [0.4, 0.5) is 0 Å². The van der Waals surface area contributed by atoms with Gasteiger partial charge in [-0.15, -0.1) is 5.10 Å². The topological polar surface area (TPSA) is 138 Å². The summed E-state index contributed by atoms with van der Waals surface area (Å²) < 4.78 is 13.1. The molecule has 1 saturated heterocycles. The van der Waals surface area contributed by atoms with E-state index in [1.165, 1.54) is 43.0 Å². The Kier molecular flexibility index (Phi) is 12.1. The number of nitrogens with two attached hydrogens (primary N) is 1. The van der Waals surface area contributed by atoms with Crippen molar-refractivity contribution in [1.29, 1.82) is 0 Å². The minimum atomic E-state index is -1.52. The zero-order chi connectivity index (χ0) is 29.8. The molecule has 2 aliphatic rings. The Morgan fingerprint density at radius 3 is 2.52 bits per heavy atom. The predicted octanol–water partition coefficient (Wildman–Crippen LogP) is 4.84. The number of nitrogens with one attached hydrogen (secondary N) is 1. The molecule has 1 aromatic carbocycles. The highest BCUT2D eigenvalue weighted by molar-refractivity contribution is 6.08. The van der Waals surface area contributed by atoms with Gasteiger partial charge in [-0.2, -0.15) is 0 Å². The number of amides is 1. The molecule has 1 aliphatic carbocycles. The van der Waals surface area contributed by atoms with Gasteiger partial charge in [-0.1, -0.05) is 93.8 Å². The van der Waals surface area contributed by atoms with E-state index < -0.39 is 41.3 Å². The van der Waals surface area contributed by atoms with E-state index in [2.05, 4.69) is 15.7 Å². The van der Waals surface area contributed by atoms with E-state index in [1.54, 1.807) is 6.20 Å². The van der Waals surface area contributed by atoms with Gasteiger partial charge in [-0.3, -0.25) is 19.8 Å². The fourth-order valence-corrected chi connectivity index (χ4v) is 6.78. The highest BCUT2D eigenvalue weighted by Gasteiger charge is 2.52. The summed E-state index contributed by atoms with van der Waals surface area (Å²) in [6.45, 7) is 2.46. The monoisotopic (exact) mass is 581 g/mol. The van der Waals surface area contributed by atoms with E-state index in [4.69, 9.17) is 15.3 Å². The molecule has 2 heterocycles.